The summed E-state index contributed by atoms with van der Waals surface area (Å²) in [4.78, 5) is 12.5. The zero-order valence-electron chi connectivity index (χ0n) is 12.2. The fraction of sp³-hybridized carbons (Fsp3) is 0.214. The predicted octanol–water partition coefficient (Wildman–Crippen LogP) is 2.11. The summed E-state index contributed by atoms with van der Waals surface area (Å²) in [6.07, 6.45) is 0. The van der Waals surface area contributed by atoms with E-state index in [9.17, 15) is 13.2 Å². The van der Waals surface area contributed by atoms with E-state index < -0.39 is 10.0 Å². The highest BCUT2D eigenvalue weighted by atomic mass is 79.9. The molecule has 9 heteroatoms. The molecule has 6 nitrogen and oxygen atoms in total. The van der Waals surface area contributed by atoms with Gasteiger partial charge in [-0.2, -0.15) is 0 Å². The second-order valence-corrected chi connectivity index (χ2v) is 8.64. The van der Waals surface area contributed by atoms with Crippen LogP contribution in [0.1, 0.15) is 4.88 Å². The lowest BCUT2D eigenvalue weighted by atomic mass is 10.3. The fourth-order valence-electron chi connectivity index (χ4n) is 1.61. The van der Waals surface area contributed by atoms with Crippen LogP contribution >= 0.6 is 27.3 Å². The number of carbonyl (C=O) groups excluding carboxylic acids is 1. The molecule has 124 valence electrons. The largest absolute Gasteiger partial charge is 0.484 e. The van der Waals surface area contributed by atoms with Crippen LogP contribution in [0.2, 0.25) is 0 Å². The molecule has 1 amide bonds. The standard InChI is InChI=1S/C14H15BrN2O4S2/c1-16-23(19,20)14-7-6-12(22-14)8-17-13(18)9-21-11-4-2-10(15)3-5-11/h2-7,16H,8-9H2,1H3,(H,17,18). The fourth-order valence-corrected chi connectivity index (χ4v) is 4.01. The van der Waals surface area contributed by atoms with Crippen LogP contribution in [0.25, 0.3) is 0 Å². The molecule has 1 aromatic carbocycles. The average molecular weight is 419 g/mol. The van der Waals surface area contributed by atoms with E-state index in [2.05, 4.69) is 26.0 Å². The molecule has 0 unspecified atom stereocenters. The molecule has 0 aliphatic carbocycles. The first kappa shape index (κ1) is 17.9. The van der Waals surface area contributed by atoms with E-state index in [1.54, 1.807) is 18.2 Å². The molecule has 1 aromatic heterocycles. The number of halogens is 1. The highest BCUT2D eigenvalue weighted by molar-refractivity contribution is 9.10. The van der Waals surface area contributed by atoms with Crippen molar-refractivity contribution in [1.29, 1.82) is 0 Å². The summed E-state index contributed by atoms with van der Waals surface area (Å²) in [6.45, 7) is 0.154. The van der Waals surface area contributed by atoms with E-state index in [0.29, 0.717) is 5.75 Å². The Morgan fingerprint density at radius 1 is 1.22 bits per heavy atom. The van der Waals surface area contributed by atoms with Crippen LogP contribution in [0.15, 0.2) is 45.1 Å². The molecule has 23 heavy (non-hydrogen) atoms. The molecular weight excluding hydrogens is 404 g/mol. The third-order valence-corrected chi connectivity index (χ3v) is 6.33. The van der Waals surface area contributed by atoms with Crippen molar-refractivity contribution in [2.24, 2.45) is 0 Å². The Kier molecular flexibility index (Phi) is 6.17. The van der Waals surface area contributed by atoms with Crippen molar-refractivity contribution in [3.05, 3.63) is 45.7 Å². The summed E-state index contributed by atoms with van der Waals surface area (Å²) in [5, 5.41) is 2.69. The molecule has 0 atom stereocenters. The first-order valence-corrected chi connectivity index (χ1v) is 9.67. The Morgan fingerprint density at radius 3 is 2.57 bits per heavy atom. The number of amides is 1. The van der Waals surface area contributed by atoms with Gasteiger partial charge in [0.2, 0.25) is 10.0 Å². The molecule has 2 N–H and O–H groups in total. The minimum atomic E-state index is -3.44. The maximum atomic E-state index is 11.7. The number of rotatable bonds is 7. The molecule has 0 aliphatic rings. The molecule has 2 aromatic rings. The van der Waals surface area contributed by atoms with Crippen molar-refractivity contribution in [2.45, 2.75) is 10.8 Å². The van der Waals surface area contributed by atoms with Gasteiger partial charge in [-0.1, -0.05) is 15.9 Å². The van der Waals surface area contributed by atoms with Crippen LogP contribution < -0.4 is 14.8 Å². The minimum Gasteiger partial charge on any atom is -0.484 e. The van der Waals surface area contributed by atoms with Crippen LogP contribution in [-0.4, -0.2) is 28.0 Å². The van der Waals surface area contributed by atoms with Crippen LogP contribution in [0.4, 0.5) is 0 Å². The monoisotopic (exact) mass is 418 g/mol. The van der Waals surface area contributed by atoms with Crippen LogP contribution in [0, 0.1) is 0 Å². The molecule has 0 radical (unpaired) electrons. The normalized spacial score (nSPS) is 11.2. The van der Waals surface area contributed by atoms with E-state index >= 15 is 0 Å². The highest BCUT2D eigenvalue weighted by Crippen LogP contribution is 2.21. The van der Waals surface area contributed by atoms with Gasteiger partial charge in [-0.15, -0.1) is 11.3 Å². The summed E-state index contributed by atoms with van der Waals surface area (Å²) in [5.74, 6) is 0.321. The summed E-state index contributed by atoms with van der Waals surface area (Å²) >= 11 is 4.43. The number of benzene rings is 1. The highest BCUT2D eigenvalue weighted by Gasteiger charge is 2.14. The number of nitrogens with one attached hydrogen (secondary N) is 2. The number of hydrogen-bond acceptors (Lipinski definition) is 5. The van der Waals surface area contributed by atoms with E-state index in [1.165, 1.54) is 13.1 Å². The maximum Gasteiger partial charge on any atom is 0.258 e. The number of sulfonamides is 1. The molecule has 2 rings (SSSR count). The van der Waals surface area contributed by atoms with Crippen molar-refractivity contribution >= 4 is 43.2 Å². The van der Waals surface area contributed by atoms with Gasteiger partial charge in [0.05, 0.1) is 6.54 Å². The summed E-state index contributed by atoms with van der Waals surface area (Å²) < 4.78 is 32.0. The van der Waals surface area contributed by atoms with Gasteiger partial charge in [0.15, 0.2) is 6.61 Å². The van der Waals surface area contributed by atoms with Crippen LogP contribution in [-0.2, 0) is 21.4 Å². The van der Waals surface area contributed by atoms with Crippen molar-refractivity contribution in [1.82, 2.24) is 10.0 Å². The quantitative estimate of drug-likeness (QED) is 0.720. The maximum absolute atomic E-state index is 11.7. The third kappa shape index (κ3) is 5.31. The molecule has 0 spiro atoms. The SMILES string of the molecule is CNS(=O)(=O)c1ccc(CNC(=O)COc2ccc(Br)cc2)s1. The number of carbonyl (C=O) groups is 1. The first-order chi connectivity index (χ1) is 10.9. The molecule has 0 aliphatic heterocycles. The van der Waals surface area contributed by atoms with Crippen molar-refractivity contribution in [3.8, 4) is 5.75 Å². The number of hydrogen-bond donors (Lipinski definition) is 2. The Morgan fingerprint density at radius 2 is 1.91 bits per heavy atom. The van der Waals surface area contributed by atoms with Gasteiger partial charge in [-0.3, -0.25) is 4.79 Å². The van der Waals surface area contributed by atoms with E-state index in [4.69, 9.17) is 4.74 Å². The Hall–Kier alpha value is -1.42. The first-order valence-electron chi connectivity index (χ1n) is 6.58. The van der Waals surface area contributed by atoms with Crippen molar-refractivity contribution in [2.75, 3.05) is 13.7 Å². The lowest BCUT2D eigenvalue weighted by Crippen LogP contribution is -2.28. The van der Waals surface area contributed by atoms with Crippen molar-refractivity contribution in [3.63, 3.8) is 0 Å². The average Bonchev–Trinajstić information content (AvgIpc) is 3.02. The van der Waals surface area contributed by atoms with Gasteiger partial charge in [-0.05, 0) is 43.4 Å². The third-order valence-electron chi connectivity index (χ3n) is 2.81. The molecule has 1 heterocycles. The van der Waals surface area contributed by atoms with E-state index in [-0.39, 0.29) is 23.3 Å². The Balaban J connectivity index is 1.81. The van der Waals surface area contributed by atoms with Gasteiger partial charge in [0.25, 0.3) is 5.91 Å². The summed E-state index contributed by atoms with van der Waals surface area (Å²) in [7, 11) is -2.08. The smallest absolute Gasteiger partial charge is 0.258 e. The second kappa shape index (κ2) is 7.91. The molecule has 0 bridgehead atoms. The van der Waals surface area contributed by atoms with E-state index in [0.717, 1.165) is 20.7 Å². The summed E-state index contributed by atoms with van der Waals surface area (Å²) in [6, 6.07) is 10.3. The van der Waals surface area contributed by atoms with Gasteiger partial charge in [-0.25, -0.2) is 13.1 Å². The van der Waals surface area contributed by atoms with E-state index in [1.807, 2.05) is 12.1 Å². The molecular formula is C14H15BrN2O4S2. The number of ether oxygens (including phenoxy) is 1. The lowest BCUT2D eigenvalue weighted by Gasteiger charge is -2.06. The zero-order valence-corrected chi connectivity index (χ0v) is 15.4. The summed E-state index contributed by atoms with van der Waals surface area (Å²) in [5.41, 5.74) is 0. The Labute approximate surface area is 147 Å². The Bertz CT molecular complexity index is 772. The topological polar surface area (TPSA) is 84.5 Å². The molecule has 0 saturated carbocycles. The predicted molar refractivity (Wildman–Crippen MR) is 92.0 cm³/mol. The minimum absolute atomic E-state index is 0.103. The number of thiophene rings is 1. The van der Waals surface area contributed by atoms with Gasteiger partial charge < -0.3 is 10.1 Å². The molecule has 0 fully saturated rings. The second-order valence-electron chi connectivity index (χ2n) is 4.45. The van der Waals surface area contributed by atoms with Crippen LogP contribution in [0.5, 0.6) is 5.75 Å². The van der Waals surface area contributed by atoms with Gasteiger partial charge >= 0.3 is 0 Å². The zero-order chi connectivity index (χ0) is 16.9. The van der Waals surface area contributed by atoms with Crippen LogP contribution in [0.3, 0.4) is 0 Å². The molecule has 0 saturated heterocycles. The lowest BCUT2D eigenvalue weighted by molar-refractivity contribution is -0.123. The van der Waals surface area contributed by atoms with Gasteiger partial charge in [0, 0.05) is 9.35 Å². The van der Waals surface area contributed by atoms with Gasteiger partial charge in [0.1, 0.15) is 9.96 Å². The van der Waals surface area contributed by atoms with Crippen molar-refractivity contribution < 1.29 is 17.9 Å².